The molecule has 1 heteroatoms. The highest BCUT2D eigenvalue weighted by Gasteiger charge is 2.50. The van der Waals surface area contributed by atoms with Gasteiger partial charge in [-0.25, -0.2) is 0 Å². The van der Waals surface area contributed by atoms with Crippen LogP contribution in [0.15, 0.2) is 11.6 Å². The average molecular weight is 166 g/mol. The van der Waals surface area contributed by atoms with Gasteiger partial charge in [-0.15, -0.1) is 0 Å². The first-order chi connectivity index (χ1) is 5.41. The van der Waals surface area contributed by atoms with Gasteiger partial charge in [-0.2, -0.15) is 0 Å². The van der Waals surface area contributed by atoms with Crippen molar-refractivity contribution >= 4 is 0 Å². The summed E-state index contributed by atoms with van der Waals surface area (Å²) < 4.78 is 0. The van der Waals surface area contributed by atoms with E-state index in [9.17, 15) is 5.11 Å². The van der Waals surface area contributed by atoms with Crippen LogP contribution in [-0.2, 0) is 0 Å². The summed E-state index contributed by atoms with van der Waals surface area (Å²) >= 11 is 0. The van der Waals surface area contributed by atoms with E-state index >= 15 is 0 Å². The van der Waals surface area contributed by atoms with Crippen molar-refractivity contribution in [2.24, 2.45) is 11.3 Å². The molecule has 12 heavy (non-hydrogen) atoms. The third-order valence-electron chi connectivity index (χ3n) is 3.33. The molecule has 0 aromatic heterocycles. The monoisotopic (exact) mass is 166 g/mol. The topological polar surface area (TPSA) is 20.2 Å². The minimum atomic E-state index is -0.451. The van der Waals surface area contributed by atoms with Crippen LogP contribution in [-0.4, -0.2) is 10.7 Å². The zero-order chi connectivity index (χ0) is 8.98. The van der Waals surface area contributed by atoms with Gasteiger partial charge in [0.15, 0.2) is 0 Å². The Bertz CT molecular complexity index is 239. The number of allylic oxidation sites excluding steroid dienone is 1. The fourth-order valence-corrected chi connectivity index (χ4v) is 3.12. The lowest BCUT2D eigenvalue weighted by Gasteiger charge is -2.21. The smallest absolute Gasteiger partial charge is 0.0866 e. The van der Waals surface area contributed by atoms with Gasteiger partial charge in [0, 0.05) is 0 Å². The van der Waals surface area contributed by atoms with Crippen LogP contribution >= 0.6 is 0 Å². The van der Waals surface area contributed by atoms with E-state index in [1.165, 1.54) is 12.0 Å². The summed E-state index contributed by atoms with van der Waals surface area (Å²) in [5, 5.41) is 10.3. The fourth-order valence-electron chi connectivity index (χ4n) is 3.12. The lowest BCUT2D eigenvalue weighted by atomic mass is 9.88. The predicted octanol–water partition coefficient (Wildman–Crippen LogP) is 2.50. The standard InChI is InChI=1S/C11H18O/c1-8-4-9-6-10(2,3)7-11(9,12)5-8/h5,9,12H,4,6-7H2,1-3H3. The molecule has 0 spiro atoms. The Morgan fingerprint density at radius 3 is 2.75 bits per heavy atom. The van der Waals surface area contributed by atoms with E-state index < -0.39 is 5.60 Å². The van der Waals surface area contributed by atoms with Gasteiger partial charge in [0.25, 0.3) is 0 Å². The molecule has 0 radical (unpaired) electrons. The molecule has 2 aliphatic carbocycles. The van der Waals surface area contributed by atoms with Gasteiger partial charge < -0.3 is 5.11 Å². The second-order valence-electron chi connectivity index (χ2n) is 5.43. The van der Waals surface area contributed by atoms with Crippen molar-refractivity contribution in [2.75, 3.05) is 0 Å². The molecular weight excluding hydrogens is 148 g/mol. The van der Waals surface area contributed by atoms with E-state index in [1.54, 1.807) is 0 Å². The molecule has 0 aromatic carbocycles. The molecule has 1 fully saturated rings. The van der Waals surface area contributed by atoms with E-state index in [-0.39, 0.29) is 0 Å². The van der Waals surface area contributed by atoms with E-state index in [2.05, 4.69) is 26.8 Å². The molecular formula is C11H18O. The van der Waals surface area contributed by atoms with Crippen LogP contribution in [0.1, 0.15) is 40.0 Å². The van der Waals surface area contributed by atoms with Crippen molar-refractivity contribution in [3.8, 4) is 0 Å². The van der Waals surface area contributed by atoms with Crippen molar-refractivity contribution in [1.29, 1.82) is 0 Å². The Kier molecular flexibility index (Phi) is 1.48. The molecule has 2 unspecified atom stereocenters. The van der Waals surface area contributed by atoms with Crippen LogP contribution in [0.3, 0.4) is 0 Å². The lowest BCUT2D eigenvalue weighted by molar-refractivity contribution is 0.0569. The quantitative estimate of drug-likeness (QED) is 0.548. The lowest BCUT2D eigenvalue weighted by Crippen LogP contribution is -2.27. The highest BCUT2D eigenvalue weighted by molar-refractivity contribution is 5.24. The van der Waals surface area contributed by atoms with E-state index in [0.717, 1.165) is 12.8 Å². The molecule has 1 nitrogen and oxygen atoms in total. The van der Waals surface area contributed by atoms with Crippen LogP contribution in [0.5, 0.6) is 0 Å². The van der Waals surface area contributed by atoms with Crippen molar-refractivity contribution in [1.82, 2.24) is 0 Å². The maximum absolute atomic E-state index is 10.3. The normalized spacial score (nSPS) is 44.3. The predicted molar refractivity (Wildman–Crippen MR) is 49.8 cm³/mol. The first-order valence-electron chi connectivity index (χ1n) is 4.82. The molecule has 0 aromatic rings. The maximum atomic E-state index is 10.3. The summed E-state index contributed by atoms with van der Waals surface area (Å²) in [6, 6.07) is 0. The largest absolute Gasteiger partial charge is 0.385 e. The molecule has 2 atom stereocenters. The van der Waals surface area contributed by atoms with Crippen molar-refractivity contribution in [2.45, 2.75) is 45.6 Å². The van der Waals surface area contributed by atoms with Gasteiger partial charge in [-0.1, -0.05) is 25.5 Å². The SMILES string of the molecule is CC1=CC2(O)CC(C)(C)CC2C1. The molecule has 2 aliphatic rings. The minimum Gasteiger partial charge on any atom is -0.385 e. The second kappa shape index (κ2) is 2.14. The van der Waals surface area contributed by atoms with Gasteiger partial charge in [-0.05, 0) is 37.5 Å². The molecule has 2 rings (SSSR count). The van der Waals surface area contributed by atoms with Crippen molar-refractivity contribution < 1.29 is 5.11 Å². The maximum Gasteiger partial charge on any atom is 0.0866 e. The van der Waals surface area contributed by atoms with Gasteiger partial charge in [0.2, 0.25) is 0 Å². The van der Waals surface area contributed by atoms with Gasteiger partial charge in [0.1, 0.15) is 0 Å². The van der Waals surface area contributed by atoms with E-state index in [1.807, 2.05) is 0 Å². The Balaban J connectivity index is 2.27. The Labute approximate surface area is 74.5 Å². The number of aliphatic hydroxyl groups is 1. The third kappa shape index (κ3) is 1.11. The summed E-state index contributed by atoms with van der Waals surface area (Å²) in [6.45, 7) is 6.64. The first-order valence-corrected chi connectivity index (χ1v) is 4.82. The second-order valence-corrected chi connectivity index (χ2v) is 5.43. The highest BCUT2D eigenvalue weighted by Crippen LogP contribution is 2.53. The van der Waals surface area contributed by atoms with Crippen molar-refractivity contribution in [3.05, 3.63) is 11.6 Å². The first kappa shape index (κ1) is 8.31. The molecule has 1 N–H and O–H groups in total. The molecule has 68 valence electrons. The number of hydrogen-bond donors (Lipinski definition) is 1. The van der Waals surface area contributed by atoms with Crippen LogP contribution < -0.4 is 0 Å². The van der Waals surface area contributed by atoms with Crippen LogP contribution in [0.2, 0.25) is 0 Å². The molecule has 0 amide bonds. The highest BCUT2D eigenvalue weighted by atomic mass is 16.3. The Hall–Kier alpha value is -0.300. The van der Waals surface area contributed by atoms with Crippen LogP contribution in [0.4, 0.5) is 0 Å². The zero-order valence-electron chi connectivity index (χ0n) is 8.22. The summed E-state index contributed by atoms with van der Waals surface area (Å²) in [6.07, 6.45) is 5.33. The minimum absolute atomic E-state index is 0.344. The number of hydrogen-bond acceptors (Lipinski definition) is 1. The number of rotatable bonds is 0. The van der Waals surface area contributed by atoms with Crippen molar-refractivity contribution in [3.63, 3.8) is 0 Å². The third-order valence-corrected chi connectivity index (χ3v) is 3.33. The van der Waals surface area contributed by atoms with Gasteiger partial charge in [0.05, 0.1) is 5.60 Å². The van der Waals surface area contributed by atoms with Gasteiger partial charge >= 0.3 is 0 Å². The summed E-state index contributed by atoms with van der Waals surface area (Å²) in [7, 11) is 0. The Morgan fingerprint density at radius 1 is 1.50 bits per heavy atom. The summed E-state index contributed by atoms with van der Waals surface area (Å²) in [5.41, 5.74) is 1.27. The van der Waals surface area contributed by atoms with E-state index in [0.29, 0.717) is 11.3 Å². The molecule has 0 bridgehead atoms. The van der Waals surface area contributed by atoms with Gasteiger partial charge in [-0.3, -0.25) is 0 Å². The van der Waals surface area contributed by atoms with Crippen LogP contribution in [0, 0.1) is 11.3 Å². The van der Waals surface area contributed by atoms with Crippen LogP contribution in [0.25, 0.3) is 0 Å². The Morgan fingerprint density at radius 2 is 2.17 bits per heavy atom. The summed E-state index contributed by atoms with van der Waals surface area (Å²) in [4.78, 5) is 0. The van der Waals surface area contributed by atoms with E-state index in [4.69, 9.17) is 0 Å². The average Bonchev–Trinajstić information content (AvgIpc) is 2.11. The molecule has 0 heterocycles. The molecule has 1 saturated carbocycles. The molecule has 0 aliphatic heterocycles. The summed E-state index contributed by atoms with van der Waals surface area (Å²) in [5.74, 6) is 0.507. The zero-order valence-corrected chi connectivity index (χ0v) is 8.22. The fraction of sp³-hybridized carbons (Fsp3) is 0.818. The molecule has 0 saturated heterocycles. The number of fused-ring (bicyclic) bond motifs is 1.